The number of amides is 1. The van der Waals surface area contributed by atoms with Crippen LogP contribution in [0.5, 0.6) is 11.5 Å². The van der Waals surface area contributed by atoms with Crippen molar-refractivity contribution in [2.24, 2.45) is 0 Å². The predicted octanol–water partition coefficient (Wildman–Crippen LogP) is 1.75. The molecule has 2 aromatic rings. The van der Waals surface area contributed by atoms with Crippen LogP contribution in [-0.4, -0.2) is 29.9 Å². The van der Waals surface area contributed by atoms with Gasteiger partial charge in [0, 0.05) is 12.6 Å². The summed E-state index contributed by atoms with van der Waals surface area (Å²) in [6.07, 6.45) is 1.46. The molecule has 0 saturated carbocycles. The van der Waals surface area contributed by atoms with E-state index in [2.05, 4.69) is 10.4 Å². The molecule has 7 nitrogen and oxygen atoms in total. The van der Waals surface area contributed by atoms with Crippen LogP contribution < -0.4 is 20.5 Å². The molecule has 0 aliphatic carbocycles. The molecule has 112 valence electrons. The molecular weight excluding hydrogens is 272 g/mol. The zero-order valence-electron chi connectivity index (χ0n) is 12.2. The van der Waals surface area contributed by atoms with Crippen molar-refractivity contribution in [3.63, 3.8) is 0 Å². The zero-order chi connectivity index (χ0) is 15.4. The number of nitrogens with one attached hydrogen (secondary N) is 1. The number of nitrogen functional groups attached to an aromatic ring is 1. The summed E-state index contributed by atoms with van der Waals surface area (Å²) >= 11 is 0. The maximum atomic E-state index is 12.4. The molecule has 0 fully saturated rings. The van der Waals surface area contributed by atoms with Crippen molar-refractivity contribution in [2.45, 2.75) is 13.5 Å². The fraction of sp³-hybridized carbons (Fsp3) is 0.286. The minimum Gasteiger partial charge on any atom is -0.497 e. The van der Waals surface area contributed by atoms with E-state index in [9.17, 15) is 4.79 Å². The van der Waals surface area contributed by atoms with E-state index in [0.717, 1.165) is 0 Å². The molecule has 0 atom stereocenters. The van der Waals surface area contributed by atoms with Gasteiger partial charge in [0.15, 0.2) is 0 Å². The number of hydrogen-bond donors (Lipinski definition) is 2. The number of carbonyl (C=O) groups is 1. The third-order valence-electron chi connectivity index (χ3n) is 3.04. The molecule has 1 amide bonds. The first kappa shape index (κ1) is 14.7. The number of carbonyl (C=O) groups excluding carboxylic acids is 1. The number of aryl methyl sites for hydroxylation is 1. The van der Waals surface area contributed by atoms with E-state index in [1.807, 2.05) is 6.92 Å². The summed E-state index contributed by atoms with van der Waals surface area (Å²) in [5, 5.41) is 6.82. The first-order valence-electron chi connectivity index (χ1n) is 6.45. The summed E-state index contributed by atoms with van der Waals surface area (Å²) in [5.74, 6) is 0.798. The fourth-order valence-electron chi connectivity index (χ4n) is 1.98. The van der Waals surface area contributed by atoms with Crippen LogP contribution in [0.2, 0.25) is 0 Å². The highest BCUT2D eigenvalue weighted by Crippen LogP contribution is 2.29. The van der Waals surface area contributed by atoms with Gasteiger partial charge in [-0.05, 0) is 19.1 Å². The molecular formula is C14H18N4O3. The molecule has 3 N–H and O–H groups in total. The molecule has 0 radical (unpaired) electrons. The van der Waals surface area contributed by atoms with E-state index < -0.39 is 0 Å². The molecule has 1 aromatic carbocycles. The molecule has 2 rings (SSSR count). The third-order valence-corrected chi connectivity index (χ3v) is 3.04. The van der Waals surface area contributed by atoms with E-state index in [1.54, 1.807) is 25.3 Å². The Bertz CT molecular complexity index is 652. The normalized spacial score (nSPS) is 10.2. The SMILES string of the molecule is CCn1ncc(N)c1C(=O)Nc1cc(OC)ccc1OC. The van der Waals surface area contributed by atoms with Gasteiger partial charge >= 0.3 is 0 Å². The smallest absolute Gasteiger partial charge is 0.276 e. The highest BCUT2D eigenvalue weighted by atomic mass is 16.5. The lowest BCUT2D eigenvalue weighted by Crippen LogP contribution is -2.19. The number of nitrogens with zero attached hydrogens (tertiary/aromatic N) is 2. The van der Waals surface area contributed by atoms with Gasteiger partial charge in [-0.15, -0.1) is 0 Å². The Morgan fingerprint density at radius 2 is 2.14 bits per heavy atom. The van der Waals surface area contributed by atoms with Gasteiger partial charge in [-0.2, -0.15) is 5.10 Å². The van der Waals surface area contributed by atoms with Gasteiger partial charge in [0.25, 0.3) is 5.91 Å². The largest absolute Gasteiger partial charge is 0.497 e. The highest BCUT2D eigenvalue weighted by molar-refractivity contribution is 6.07. The number of nitrogens with two attached hydrogens (primary N) is 1. The summed E-state index contributed by atoms with van der Waals surface area (Å²) in [4.78, 5) is 12.4. The topological polar surface area (TPSA) is 91.4 Å². The molecule has 1 heterocycles. The van der Waals surface area contributed by atoms with Crippen LogP contribution in [0.15, 0.2) is 24.4 Å². The lowest BCUT2D eigenvalue weighted by molar-refractivity contribution is 0.101. The number of rotatable bonds is 5. The van der Waals surface area contributed by atoms with Crippen molar-refractivity contribution in [1.82, 2.24) is 9.78 Å². The molecule has 0 unspecified atom stereocenters. The average molecular weight is 290 g/mol. The van der Waals surface area contributed by atoms with Gasteiger partial charge in [-0.25, -0.2) is 0 Å². The Morgan fingerprint density at radius 3 is 2.76 bits per heavy atom. The van der Waals surface area contributed by atoms with Gasteiger partial charge in [0.2, 0.25) is 0 Å². The molecule has 0 saturated heterocycles. The summed E-state index contributed by atoms with van der Waals surface area (Å²) in [6.45, 7) is 2.44. The van der Waals surface area contributed by atoms with Crippen LogP contribution in [0.1, 0.15) is 17.4 Å². The zero-order valence-corrected chi connectivity index (χ0v) is 12.2. The van der Waals surface area contributed by atoms with Crippen molar-refractivity contribution in [3.8, 4) is 11.5 Å². The number of methoxy groups -OCH3 is 2. The Balaban J connectivity index is 2.32. The van der Waals surface area contributed by atoms with Crippen molar-refractivity contribution in [2.75, 3.05) is 25.3 Å². The molecule has 7 heteroatoms. The van der Waals surface area contributed by atoms with E-state index in [0.29, 0.717) is 35.1 Å². The van der Waals surface area contributed by atoms with E-state index >= 15 is 0 Å². The summed E-state index contributed by atoms with van der Waals surface area (Å²) in [5.41, 5.74) is 6.95. The number of anilines is 2. The summed E-state index contributed by atoms with van der Waals surface area (Å²) in [7, 11) is 3.08. The van der Waals surface area contributed by atoms with Gasteiger partial charge in [0.1, 0.15) is 17.2 Å². The summed E-state index contributed by atoms with van der Waals surface area (Å²) < 4.78 is 11.9. The molecule has 0 spiro atoms. The predicted molar refractivity (Wildman–Crippen MR) is 79.8 cm³/mol. The van der Waals surface area contributed by atoms with E-state index in [4.69, 9.17) is 15.2 Å². The molecule has 21 heavy (non-hydrogen) atoms. The number of benzene rings is 1. The minimum atomic E-state index is -0.349. The van der Waals surface area contributed by atoms with Crippen LogP contribution >= 0.6 is 0 Å². The van der Waals surface area contributed by atoms with Crippen molar-refractivity contribution in [3.05, 3.63) is 30.1 Å². The van der Waals surface area contributed by atoms with Crippen LogP contribution in [0.4, 0.5) is 11.4 Å². The lowest BCUT2D eigenvalue weighted by atomic mass is 10.2. The van der Waals surface area contributed by atoms with Crippen LogP contribution in [0.3, 0.4) is 0 Å². The first-order valence-corrected chi connectivity index (χ1v) is 6.45. The second-order valence-electron chi connectivity index (χ2n) is 4.28. The molecule has 0 bridgehead atoms. The first-order chi connectivity index (χ1) is 10.1. The van der Waals surface area contributed by atoms with Gasteiger partial charge in [-0.1, -0.05) is 0 Å². The molecule has 1 aromatic heterocycles. The van der Waals surface area contributed by atoms with Gasteiger partial charge in [0.05, 0.1) is 31.8 Å². The number of hydrogen-bond acceptors (Lipinski definition) is 5. The minimum absolute atomic E-state index is 0.322. The third kappa shape index (κ3) is 2.91. The highest BCUT2D eigenvalue weighted by Gasteiger charge is 2.18. The quantitative estimate of drug-likeness (QED) is 0.875. The maximum Gasteiger partial charge on any atom is 0.276 e. The molecule has 0 aliphatic rings. The number of ether oxygens (including phenoxy) is 2. The van der Waals surface area contributed by atoms with E-state index in [1.165, 1.54) is 18.0 Å². The van der Waals surface area contributed by atoms with Crippen molar-refractivity contribution in [1.29, 1.82) is 0 Å². The van der Waals surface area contributed by atoms with Gasteiger partial charge in [-0.3, -0.25) is 9.48 Å². The Labute approximate surface area is 122 Å². The second-order valence-corrected chi connectivity index (χ2v) is 4.28. The maximum absolute atomic E-state index is 12.4. The average Bonchev–Trinajstić information content (AvgIpc) is 2.88. The van der Waals surface area contributed by atoms with Gasteiger partial charge < -0.3 is 20.5 Å². The van der Waals surface area contributed by atoms with Crippen LogP contribution in [0, 0.1) is 0 Å². The Morgan fingerprint density at radius 1 is 1.38 bits per heavy atom. The Kier molecular flexibility index (Phi) is 4.32. The van der Waals surface area contributed by atoms with E-state index in [-0.39, 0.29) is 5.91 Å². The van der Waals surface area contributed by atoms with Crippen molar-refractivity contribution < 1.29 is 14.3 Å². The van der Waals surface area contributed by atoms with Crippen molar-refractivity contribution >= 4 is 17.3 Å². The van der Waals surface area contributed by atoms with Crippen LogP contribution in [-0.2, 0) is 6.54 Å². The lowest BCUT2D eigenvalue weighted by Gasteiger charge is -2.12. The molecule has 0 aliphatic heterocycles. The van der Waals surface area contributed by atoms with Crippen LogP contribution in [0.25, 0.3) is 0 Å². The monoisotopic (exact) mass is 290 g/mol. The summed E-state index contributed by atoms with van der Waals surface area (Å²) in [6, 6.07) is 5.15. The fourth-order valence-corrected chi connectivity index (χ4v) is 1.98. The Hall–Kier alpha value is -2.70. The standard InChI is InChI=1S/C14H18N4O3/c1-4-18-13(10(15)8-16-18)14(19)17-11-7-9(20-2)5-6-12(11)21-3/h5-8H,4,15H2,1-3H3,(H,17,19). The number of aromatic nitrogens is 2. The second kappa shape index (κ2) is 6.17.